The lowest BCUT2D eigenvalue weighted by Gasteiger charge is -2.17. The monoisotopic (exact) mass is 316 g/mol. The topological polar surface area (TPSA) is 69.3 Å². The van der Waals surface area contributed by atoms with E-state index in [1.807, 2.05) is 20.9 Å². The third-order valence-corrected chi connectivity index (χ3v) is 5.66. The van der Waals surface area contributed by atoms with Crippen molar-refractivity contribution in [3.8, 4) is 0 Å². The lowest BCUT2D eigenvalue weighted by atomic mass is 10.1. The summed E-state index contributed by atoms with van der Waals surface area (Å²) in [7, 11) is 2.13. The van der Waals surface area contributed by atoms with Gasteiger partial charge in [-0.1, -0.05) is 0 Å². The molecule has 0 fully saturated rings. The van der Waals surface area contributed by atoms with Gasteiger partial charge in [-0.25, -0.2) is 12.7 Å². The molecule has 0 aliphatic carbocycles. The van der Waals surface area contributed by atoms with Crippen LogP contribution in [0.3, 0.4) is 0 Å². The molecule has 0 saturated carbocycles. The Hall–Kier alpha value is -0.920. The summed E-state index contributed by atoms with van der Waals surface area (Å²) in [5.41, 5.74) is 3.53. The standard InChI is InChI=1S/C14H28N4O2S/c1-12-14(13(2)16-15-12)8-6-9-18(5)10-7-11-21(19,20)17(3)4/h6-11H2,1-5H3,(H,15,16). The lowest BCUT2D eigenvalue weighted by molar-refractivity contribution is 0.329. The molecule has 1 rings (SSSR count). The van der Waals surface area contributed by atoms with Crippen LogP contribution < -0.4 is 0 Å². The van der Waals surface area contributed by atoms with Crippen LogP contribution in [-0.2, 0) is 16.4 Å². The van der Waals surface area contributed by atoms with Crippen LogP contribution in [0.2, 0.25) is 0 Å². The highest BCUT2D eigenvalue weighted by molar-refractivity contribution is 7.89. The second-order valence-electron chi connectivity index (χ2n) is 5.77. The summed E-state index contributed by atoms with van der Waals surface area (Å²) in [4.78, 5) is 2.19. The fraction of sp³-hybridized carbons (Fsp3) is 0.786. The van der Waals surface area contributed by atoms with Crippen molar-refractivity contribution in [2.75, 3.05) is 40.0 Å². The van der Waals surface area contributed by atoms with E-state index in [0.29, 0.717) is 6.42 Å². The van der Waals surface area contributed by atoms with Crippen molar-refractivity contribution in [1.29, 1.82) is 0 Å². The van der Waals surface area contributed by atoms with E-state index in [4.69, 9.17) is 0 Å². The molecule has 6 nitrogen and oxygen atoms in total. The number of hydrogen-bond acceptors (Lipinski definition) is 4. The molecule has 0 aliphatic heterocycles. The number of nitrogens with one attached hydrogen (secondary N) is 1. The van der Waals surface area contributed by atoms with Crippen molar-refractivity contribution >= 4 is 10.0 Å². The molecule has 0 aliphatic rings. The first kappa shape index (κ1) is 18.1. The first-order valence-corrected chi connectivity index (χ1v) is 8.94. The maximum Gasteiger partial charge on any atom is 0.213 e. The Balaban J connectivity index is 2.25. The predicted octanol–water partition coefficient (Wildman–Crippen LogP) is 1.17. The molecule has 1 heterocycles. The Morgan fingerprint density at radius 3 is 2.24 bits per heavy atom. The van der Waals surface area contributed by atoms with Gasteiger partial charge >= 0.3 is 0 Å². The Morgan fingerprint density at radius 2 is 1.71 bits per heavy atom. The van der Waals surface area contributed by atoms with Gasteiger partial charge in [0, 0.05) is 19.8 Å². The van der Waals surface area contributed by atoms with E-state index in [9.17, 15) is 8.42 Å². The summed E-state index contributed by atoms with van der Waals surface area (Å²) in [6, 6.07) is 0. The smallest absolute Gasteiger partial charge is 0.213 e. The molecular formula is C14H28N4O2S. The molecule has 0 spiro atoms. The van der Waals surface area contributed by atoms with Gasteiger partial charge < -0.3 is 4.90 Å². The Labute approximate surface area is 128 Å². The fourth-order valence-corrected chi connectivity index (χ4v) is 3.14. The summed E-state index contributed by atoms with van der Waals surface area (Å²) in [6.07, 6.45) is 2.73. The molecule has 1 aromatic heterocycles. The molecule has 21 heavy (non-hydrogen) atoms. The second-order valence-corrected chi connectivity index (χ2v) is 8.07. The van der Waals surface area contributed by atoms with Crippen molar-refractivity contribution in [2.24, 2.45) is 0 Å². The van der Waals surface area contributed by atoms with Crippen LogP contribution in [-0.4, -0.2) is 67.8 Å². The Bertz CT molecular complexity index is 518. The third kappa shape index (κ3) is 5.76. The van der Waals surface area contributed by atoms with E-state index in [1.165, 1.54) is 9.87 Å². The summed E-state index contributed by atoms with van der Waals surface area (Å²) in [6.45, 7) is 5.84. The van der Waals surface area contributed by atoms with Gasteiger partial charge in [0.1, 0.15) is 0 Å². The number of aromatic amines is 1. The first-order valence-electron chi connectivity index (χ1n) is 7.33. The highest BCUT2D eigenvalue weighted by Gasteiger charge is 2.13. The zero-order chi connectivity index (χ0) is 16.0. The van der Waals surface area contributed by atoms with Crippen LogP contribution in [0.25, 0.3) is 0 Å². The van der Waals surface area contributed by atoms with Crippen molar-refractivity contribution in [3.05, 3.63) is 17.0 Å². The van der Waals surface area contributed by atoms with E-state index < -0.39 is 10.0 Å². The molecule has 0 bridgehead atoms. The lowest BCUT2D eigenvalue weighted by Crippen LogP contribution is -2.28. The average molecular weight is 316 g/mol. The van der Waals surface area contributed by atoms with Crippen molar-refractivity contribution < 1.29 is 8.42 Å². The van der Waals surface area contributed by atoms with Crippen LogP contribution in [0.15, 0.2) is 0 Å². The van der Waals surface area contributed by atoms with E-state index in [0.717, 1.165) is 37.3 Å². The van der Waals surface area contributed by atoms with Crippen LogP contribution >= 0.6 is 0 Å². The van der Waals surface area contributed by atoms with E-state index >= 15 is 0 Å². The third-order valence-electron chi connectivity index (χ3n) is 3.75. The quantitative estimate of drug-likeness (QED) is 0.742. The molecular weight excluding hydrogens is 288 g/mol. The normalized spacial score (nSPS) is 12.5. The van der Waals surface area contributed by atoms with Crippen LogP contribution in [0.5, 0.6) is 0 Å². The number of aromatic nitrogens is 2. The van der Waals surface area contributed by atoms with Crippen LogP contribution in [0.4, 0.5) is 0 Å². The zero-order valence-electron chi connectivity index (χ0n) is 13.8. The van der Waals surface area contributed by atoms with Gasteiger partial charge in [0.2, 0.25) is 10.0 Å². The van der Waals surface area contributed by atoms with Crippen molar-refractivity contribution in [3.63, 3.8) is 0 Å². The Kier molecular flexibility index (Phi) is 6.83. The minimum absolute atomic E-state index is 0.213. The molecule has 1 aromatic rings. The largest absolute Gasteiger partial charge is 0.306 e. The van der Waals surface area contributed by atoms with Gasteiger partial charge in [-0.05, 0) is 58.8 Å². The maximum absolute atomic E-state index is 11.7. The molecule has 0 aromatic carbocycles. The minimum atomic E-state index is -3.07. The summed E-state index contributed by atoms with van der Waals surface area (Å²) in [5, 5.41) is 7.20. The van der Waals surface area contributed by atoms with Gasteiger partial charge in [-0.2, -0.15) is 5.10 Å². The van der Waals surface area contributed by atoms with E-state index in [1.54, 1.807) is 14.1 Å². The van der Waals surface area contributed by atoms with Crippen LogP contribution in [0, 0.1) is 13.8 Å². The SMILES string of the molecule is Cc1n[nH]c(C)c1CCCN(C)CCCS(=O)(=O)N(C)C. The van der Waals surface area contributed by atoms with Gasteiger partial charge in [0.15, 0.2) is 0 Å². The molecule has 7 heteroatoms. The van der Waals surface area contributed by atoms with Crippen molar-refractivity contribution in [1.82, 2.24) is 19.4 Å². The number of rotatable bonds is 9. The summed E-state index contributed by atoms with van der Waals surface area (Å²) < 4.78 is 24.6. The number of aryl methyl sites for hydroxylation is 2. The molecule has 0 saturated heterocycles. The Morgan fingerprint density at radius 1 is 1.10 bits per heavy atom. The highest BCUT2D eigenvalue weighted by Crippen LogP contribution is 2.12. The number of nitrogens with zero attached hydrogens (tertiary/aromatic N) is 3. The maximum atomic E-state index is 11.7. The zero-order valence-corrected chi connectivity index (χ0v) is 14.6. The predicted molar refractivity (Wildman–Crippen MR) is 86.0 cm³/mol. The molecule has 0 radical (unpaired) electrons. The first-order chi connectivity index (χ1) is 9.74. The minimum Gasteiger partial charge on any atom is -0.306 e. The van der Waals surface area contributed by atoms with Gasteiger partial charge in [0.05, 0.1) is 11.4 Å². The molecule has 0 amide bonds. The number of H-pyrrole nitrogens is 1. The molecule has 0 unspecified atom stereocenters. The second kappa shape index (κ2) is 7.91. The highest BCUT2D eigenvalue weighted by atomic mass is 32.2. The number of hydrogen-bond donors (Lipinski definition) is 1. The van der Waals surface area contributed by atoms with Gasteiger partial charge in [-0.15, -0.1) is 0 Å². The van der Waals surface area contributed by atoms with Crippen molar-refractivity contribution in [2.45, 2.75) is 33.1 Å². The fourth-order valence-electron chi connectivity index (χ4n) is 2.28. The number of sulfonamides is 1. The van der Waals surface area contributed by atoms with Gasteiger partial charge in [0.25, 0.3) is 0 Å². The van der Waals surface area contributed by atoms with Crippen LogP contribution in [0.1, 0.15) is 29.8 Å². The van der Waals surface area contributed by atoms with E-state index in [2.05, 4.69) is 15.1 Å². The molecule has 0 atom stereocenters. The van der Waals surface area contributed by atoms with Gasteiger partial charge in [-0.3, -0.25) is 5.10 Å². The van der Waals surface area contributed by atoms with E-state index in [-0.39, 0.29) is 5.75 Å². The average Bonchev–Trinajstić information content (AvgIpc) is 2.70. The molecule has 1 N–H and O–H groups in total. The summed E-state index contributed by atoms with van der Waals surface area (Å²) >= 11 is 0. The molecule has 122 valence electrons. The summed E-state index contributed by atoms with van der Waals surface area (Å²) in [5.74, 6) is 0.213.